The van der Waals surface area contributed by atoms with Crippen LogP contribution in [-0.2, 0) is 0 Å². The molecule has 1 aromatic carbocycles. The van der Waals surface area contributed by atoms with Crippen LogP contribution in [0.1, 0.15) is 44.6 Å². The van der Waals surface area contributed by atoms with Crippen molar-refractivity contribution in [2.24, 2.45) is 11.8 Å². The monoisotopic (exact) mass is 238 g/mol. The van der Waals surface area contributed by atoms with Crippen LogP contribution in [0.3, 0.4) is 0 Å². The maximum absolute atomic E-state index is 2.37. The summed E-state index contributed by atoms with van der Waals surface area (Å²) >= 11 is 0. The lowest BCUT2D eigenvalue weighted by molar-refractivity contribution is 0.437. The Morgan fingerprint density at radius 3 is 2.67 bits per heavy atom. The predicted octanol–water partition coefficient (Wildman–Crippen LogP) is 5.23. The van der Waals surface area contributed by atoms with Crippen LogP contribution in [0.5, 0.6) is 0 Å². The van der Waals surface area contributed by atoms with E-state index in [1.165, 1.54) is 43.2 Å². The minimum atomic E-state index is 0.803. The molecule has 0 aliphatic heterocycles. The molecule has 3 rings (SSSR count). The number of hydrogen-bond donors (Lipinski definition) is 0. The Balaban J connectivity index is 2.07. The average molecular weight is 238 g/mol. The second-order valence-electron chi connectivity index (χ2n) is 5.74. The first kappa shape index (κ1) is 11.8. The lowest BCUT2D eigenvalue weighted by Crippen LogP contribution is -2.12. The van der Waals surface area contributed by atoms with Gasteiger partial charge >= 0.3 is 0 Å². The Labute approximate surface area is 110 Å². The molecule has 0 saturated heterocycles. The molecule has 2 unspecified atom stereocenters. The number of allylic oxidation sites excluding steroid dienone is 4. The Morgan fingerprint density at radius 2 is 1.83 bits per heavy atom. The molecule has 1 aromatic rings. The molecule has 0 bridgehead atoms. The van der Waals surface area contributed by atoms with Crippen molar-refractivity contribution in [2.45, 2.75) is 39.0 Å². The topological polar surface area (TPSA) is 0 Å². The lowest BCUT2D eigenvalue weighted by atomic mass is 9.79. The van der Waals surface area contributed by atoms with Crippen LogP contribution in [-0.4, -0.2) is 0 Å². The van der Waals surface area contributed by atoms with Crippen molar-refractivity contribution >= 4 is 5.57 Å². The zero-order valence-electron chi connectivity index (χ0n) is 11.2. The fourth-order valence-corrected chi connectivity index (χ4v) is 3.77. The molecular weight excluding hydrogens is 216 g/mol. The quantitative estimate of drug-likeness (QED) is 0.628. The van der Waals surface area contributed by atoms with Crippen LogP contribution in [0.4, 0.5) is 0 Å². The molecule has 0 amide bonds. The van der Waals surface area contributed by atoms with Crippen LogP contribution in [0.15, 0.2) is 48.1 Å². The van der Waals surface area contributed by atoms with E-state index in [0.29, 0.717) is 0 Å². The second kappa shape index (κ2) is 5.14. The second-order valence-corrected chi connectivity index (χ2v) is 5.74. The van der Waals surface area contributed by atoms with E-state index in [1.54, 1.807) is 5.57 Å². The molecule has 0 aromatic heterocycles. The molecule has 0 radical (unpaired) electrons. The van der Waals surface area contributed by atoms with E-state index in [9.17, 15) is 0 Å². The Morgan fingerprint density at radius 1 is 1.00 bits per heavy atom. The van der Waals surface area contributed by atoms with Crippen molar-refractivity contribution < 1.29 is 0 Å². The number of hydrogen-bond acceptors (Lipinski definition) is 0. The first-order valence-electron chi connectivity index (χ1n) is 7.29. The fourth-order valence-electron chi connectivity index (χ4n) is 3.77. The minimum absolute atomic E-state index is 0.803. The zero-order chi connectivity index (χ0) is 12.4. The highest BCUT2D eigenvalue weighted by atomic mass is 14.4. The molecule has 2 aliphatic carbocycles. The van der Waals surface area contributed by atoms with Gasteiger partial charge in [0.05, 0.1) is 0 Å². The van der Waals surface area contributed by atoms with Crippen molar-refractivity contribution in [2.75, 3.05) is 0 Å². The van der Waals surface area contributed by atoms with Gasteiger partial charge in [0.1, 0.15) is 0 Å². The van der Waals surface area contributed by atoms with Gasteiger partial charge in [-0.05, 0) is 61.2 Å². The van der Waals surface area contributed by atoms with Gasteiger partial charge in [-0.25, -0.2) is 0 Å². The molecule has 0 heteroatoms. The summed E-state index contributed by atoms with van der Waals surface area (Å²) in [5.74, 6) is 1.72. The van der Waals surface area contributed by atoms with Crippen LogP contribution in [0.2, 0.25) is 0 Å². The molecule has 0 spiro atoms. The van der Waals surface area contributed by atoms with Crippen LogP contribution in [0.25, 0.3) is 5.57 Å². The Kier molecular flexibility index (Phi) is 3.36. The summed E-state index contributed by atoms with van der Waals surface area (Å²) in [6.45, 7) is 2.29. The van der Waals surface area contributed by atoms with Crippen LogP contribution < -0.4 is 0 Å². The summed E-state index contributed by atoms with van der Waals surface area (Å²) < 4.78 is 0. The van der Waals surface area contributed by atoms with E-state index < -0.39 is 0 Å². The van der Waals surface area contributed by atoms with Crippen molar-refractivity contribution in [1.82, 2.24) is 0 Å². The molecule has 1 saturated carbocycles. The molecule has 1 fully saturated rings. The largest absolute Gasteiger partial charge is 0.0843 e. The van der Waals surface area contributed by atoms with Gasteiger partial charge in [-0.2, -0.15) is 0 Å². The van der Waals surface area contributed by atoms with Crippen LogP contribution >= 0.6 is 0 Å². The molecule has 18 heavy (non-hydrogen) atoms. The molecule has 2 atom stereocenters. The number of fused-ring (bicyclic) bond motifs is 1. The van der Waals surface area contributed by atoms with Gasteiger partial charge in [0, 0.05) is 0 Å². The smallest absolute Gasteiger partial charge is 0.0125 e. The number of rotatable bonds is 1. The van der Waals surface area contributed by atoms with Gasteiger partial charge < -0.3 is 0 Å². The Hall–Kier alpha value is -1.30. The van der Waals surface area contributed by atoms with Gasteiger partial charge in [0.15, 0.2) is 0 Å². The maximum Gasteiger partial charge on any atom is -0.0125 e. The highest BCUT2D eigenvalue weighted by molar-refractivity contribution is 5.72. The van der Waals surface area contributed by atoms with Crippen LogP contribution in [0, 0.1) is 11.8 Å². The predicted molar refractivity (Wildman–Crippen MR) is 78.2 cm³/mol. The third-order valence-corrected chi connectivity index (χ3v) is 4.61. The summed E-state index contributed by atoms with van der Waals surface area (Å²) in [5, 5.41) is 0. The van der Waals surface area contributed by atoms with E-state index in [4.69, 9.17) is 0 Å². The van der Waals surface area contributed by atoms with E-state index in [1.807, 2.05) is 0 Å². The zero-order valence-corrected chi connectivity index (χ0v) is 11.2. The maximum atomic E-state index is 2.37. The summed E-state index contributed by atoms with van der Waals surface area (Å²) in [5.41, 5.74) is 4.55. The van der Waals surface area contributed by atoms with Gasteiger partial charge in [0.2, 0.25) is 0 Å². The van der Waals surface area contributed by atoms with E-state index >= 15 is 0 Å². The third kappa shape index (κ3) is 2.16. The van der Waals surface area contributed by atoms with Gasteiger partial charge in [-0.15, -0.1) is 0 Å². The van der Waals surface area contributed by atoms with Crippen molar-refractivity contribution in [3.8, 4) is 0 Å². The SMILES string of the molecule is CC1=C(c2ccccc2)C2CCCC2CCC=C1. The van der Waals surface area contributed by atoms with Gasteiger partial charge in [-0.3, -0.25) is 0 Å². The summed E-state index contributed by atoms with van der Waals surface area (Å²) in [7, 11) is 0. The molecule has 94 valence electrons. The molecule has 0 N–H and O–H groups in total. The average Bonchev–Trinajstić information content (AvgIpc) is 2.82. The third-order valence-electron chi connectivity index (χ3n) is 4.61. The van der Waals surface area contributed by atoms with E-state index in [2.05, 4.69) is 49.4 Å². The normalized spacial score (nSPS) is 27.8. The molecule has 0 nitrogen and oxygen atoms in total. The molecule has 2 aliphatic rings. The summed E-state index contributed by atoms with van der Waals surface area (Å²) in [6.07, 6.45) is 11.6. The van der Waals surface area contributed by atoms with Gasteiger partial charge in [-0.1, -0.05) is 48.9 Å². The standard InChI is InChI=1S/C18H22/c1-14-8-5-6-9-15-12-7-13-17(15)18(14)16-10-3-2-4-11-16/h2-5,8,10-11,15,17H,6-7,9,12-13H2,1H3. The summed E-state index contributed by atoms with van der Waals surface area (Å²) in [6, 6.07) is 11.0. The molecular formula is C18H22. The highest BCUT2D eigenvalue weighted by Crippen LogP contribution is 2.45. The highest BCUT2D eigenvalue weighted by Gasteiger charge is 2.31. The van der Waals surface area contributed by atoms with E-state index in [-0.39, 0.29) is 0 Å². The van der Waals surface area contributed by atoms with Gasteiger partial charge in [0.25, 0.3) is 0 Å². The summed E-state index contributed by atoms with van der Waals surface area (Å²) in [4.78, 5) is 0. The van der Waals surface area contributed by atoms with Crippen molar-refractivity contribution in [1.29, 1.82) is 0 Å². The lowest BCUT2D eigenvalue weighted by Gasteiger charge is -2.26. The molecule has 0 heterocycles. The Bertz CT molecular complexity index is 464. The van der Waals surface area contributed by atoms with Crippen molar-refractivity contribution in [3.63, 3.8) is 0 Å². The van der Waals surface area contributed by atoms with E-state index in [0.717, 1.165) is 11.8 Å². The fraction of sp³-hybridized carbons (Fsp3) is 0.444. The van der Waals surface area contributed by atoms with Crippen molar-refractivity contribution in [3.05, 3.63) is 53.6 Å². The first-order chi connectivity index (χ1) is 8.86. The first-order valence-corrected chi connectivity index (χ1v) is 7.29. The number of benzene rings is 1. The minimum Gasteiger partial charge on any atom is -0.0843 e.